The first kappa shape index (κ1) is 14.4. The van der Waals surface area contributed by atoms with Crippen molar-refractivity contribution >= 4 is 34.8 Å². The van der Waals surface area contributed by atoms with Gasteiger partial charge in [0.05, 0.1) is 11.3 Å². The monoisotopic (exact) mass is 316 g/mol. The molecular formula is C16H13ClN2O3. The molecule has 1 aliphatic heterocycles. The summed E-state index contributed by atoms with van der Waals surface area (Å²) >= 11 is 6.05. The molecule has 112 valence electrons. The average Bonchev–Trinajstić information content (AvgIpc) is 2.50. The van der Waals surface area contributed by atoms with E-state index in [1.54, 1.807) is 30.3 Å². The van der Waals surface area contributed by atoms with Crippen molar-refractivity contribution in [3.63, 3.8) is 0 Å². The van der Waals surface area contributed by atoms with E-state index < -0.39 is 0 Å². The Kier molecular flexibility index (Phi) is 3.73. The number of hydrogen-bond donors (Lipinski definition) is 2. The van der Waals surface area contributed by atoms with Crippen molar-refractivity contribution in [2.75, 3.05) is 17.2 Å². The maximum Gasteiger partial charge on any atom is 0.262 e. The van der Waals surface area contributed by atoms with Gasteiger partial charge in [0.15, 0.2) is 6.61 Å². The zero-order chi connectivity index (χ0) is 15.7. The number of fused-ring (bicyclic) bond motifs is 1. The largest absolute Gasteiger partial charge is 0.482 e. The molecule has 3 rings (SSSR count). The quantitative estimate of drug-likeness (QED) is 0.894. The molecule has 0 fully saturated rings. The van der Waals surface area contributed by atoms with Crippen LogP contribution in [0.3, 0.4) is 0 Å². The number of nitrogens with one attached hydrogen (secondary N) is 2. The van der Waals surface area contributed by atoms with Gasteiger partial charge in [-0.2, -0.15) is 0 Å². The van der Waals surface area contributed by atoms with Crippen LogP contribution in [-0.2, 0) is 4.79 Å². The molecule has 0 saturated carbocycles. The summed E-state index contributed by atoms with van der Waals surface area (Å²) in [5.41, 5.74) is 2.23. The standard InChI is InChI=1S/C16H13ClN2O3/c1-9-5-6-10(7-12(9)17)18-16(21)11-3-2-4-13-15(11)19-14(20)8-22-13/h2-7H,8H2,1H3,(H,18,21)(H,19,20). The first-order chi connectivity index (χ1) is 10.5. The summed E-state index contributed by atoms with van der Waals surface area (Å²) in [5, 5.41) is 6.00. The van der Waals surface area contributed by atoms with Crippen LogP contribution in [0.25, 0.3) is 0 Å². The van der Waals surface area contributed by atoms with Gasteiger partial charge in [0.1, 0.15) is 5.75 Å². The second-order valence-corrected chi connectivity index (χ2v) is 5.34. The molecule has 0 aliphatic carbocycles. The van der Waals surface area contributed by atoms with E-state index in [4.69, 9.17) is 16.3 Å². The second kappa shape index (κ2) is 5.69. The Morgan fingerprint density at radius 2 is 2.14 bits per heavy atom. The molecule has 5 nitrogen and oxygen atoms in total. The van der Waals surface area contributed by atoms with Crippen molar-refractivity contribution in [3.05, 3.63) is 52.5 Å². The fraction of sp³-hybridized carbons (Fsp3) is 0.125. The molecule has 0 unspecified atom stereocenters. The van der Waals surface area contributed by atoms with Crippen LogP contribution in [0, 0.1) is 6.92 Å². The van der Waals surface area contributed by atoms with Crippen LogP contribution >= 0.6 is 11.6 Å². The average molecular weight is 317 g/mol. The van der Waals surface area contributed by atoms with Crippen molar-refractivity contribution in [3.8, 4) is 5.75 Å². The number of benzene rings is 2. The van der Waals surface area contributed by atoms with Crippen molar-refractivity contribution in [2.45, 2.75) is 6.92 Å². The van der Waals surface area contributed by atoms with E-state index in [1.807, 2.05) is 13.0 Å². The van der Waals surface area contributed by atoms with Crippen LogP contribution in [0.4, 0.5) is 11.4 Å². The van der Waals surface area contributed by atoms with Crippen LogP contribution in [0.5, 0.6) is 5.75 Å². The highest BCUT2D eigenvalue weighted by Gasteiger charge is 2.22. The van der Waals surface area contributed by atoms with Gasteiger partial charge in [0.25, 0.3) is 11.8 Å². The number of amides is 2. The third-order valence-electron chi connectivity index (χ3n) is 3.32. The van der Waals surface area contributed by atoms with Gasteiger partial charge in [-0.1, -0.05) is 23.7 Å². The number of para-hydroxylation sites is 1. The predicted molar refractivity (Wildman–Crippen MR) is 84.7 cm³/mol. The minimum Gasteiger partial charge on any atom is -0.482 e. The molecular weight excluding hydrogens is 304 g/mol. The maximum absolute atomic E-state index is 12.4. The van der Waals surface area contributed by atoms with Crippen LogP contribution in [0.1, 0.15) is 15.9 Å². The number of hydrogen-bond acceptors (Lipinski definition) is 3. The smallest absolute Gasteiger partial charge is 0.262 e. The van der Waals surface area contributed by atoms with Gasteiger partial charge in [-0.15, -0.1) is 0 Å². The lowest BCUT2D eigenvalue weighted by Gasteiger charge is -2.20. The Bertz CT molecular complexity index is 774. The lowest BCUT2D eigenvalue weighted by atomic mass is 10.1. The maximum atomic E-state index is 12.4. The fourth-order valence-corrected chi connectivity index (χ4v) is 2.34. The number of anilines is 2. The van der Waals surface area contributed by atoms with E-state index in [0.717, 1.165) is 5.56 Å². The highest BCUT2D eigenvalue weighted by atomic mass is 35.5. The van der Waals surface area contributed by atoms with Crippen LogP contribution in [0.15, 0.2) is 36.4 Å². The van der Waals surface area contributed by atoms with E-state index in [0.29, 0.717) is 27.7 Å². The number of carbonyl (C=O) groups excluding carboxylic acids is 2. The summed E-state index contributed by atoms with van der Waals surface area (Å²) < 4.78 is 5.30. The predicted octanol–water partition coefficient (Wildman–Crippen LogP) is 3.23. The van der Waals surface area contributed by atoms with Crippen molar-refractivity contribution in [1.29, 1.82) is 0 Å². The Morgan fingerprint density at radius 1 is 1.32 bits per heavy atom. The molecule has 0 radical (unpaired) electrons. The molecule has 1 heterocycles. The van der Waals surface area contributed by atoms with E-state index in [9.17, 15) is 9.59 Å². The van der Waals surface area contributed by atoms with Crippen molar-refractivity contribution in [1.82, 2.24) is 0 Å². The molecule has 2 aromatic rings. The highest BCUT2D eigenvalue weighted by Crippen LogP contribution is 2.31. The first-order valence-electron chi connectivity index (χ1n) is 6.68. The van der Waals surface area contributed by atoms with Gasteiger partial charge in [-0.3, -0.25) is 9.59 Å². The summed E-state index contributed by atoms with van der Waals surface area (Å²) in [6.07, 6.45) is 0. The molecule has 1 aliphatic rings. The molecule has 0 saturated heterocycles. The zero-order valence-corrected chi connectivity index (χ0v) is 12.5. The lowest BCUT2D eigenvalue weighted by Crippen LogP contribution is -2.27. The van der Waals surface area contributed by atoms with Crippen molar-refractivity contribution < 1.29 is 14.3 Å². The van der Waals surface area contributed by atoms with Gasteiger partial charge in [0.2, 0.25) is 0 Å². The summed E-state index contributed by atoms with van der Waals surface area (Å²) in [4.78, 5) is 23.9. The Labute approximate surface area is 132 Å². The molecule has 22 heavy (non-hydrogen) atoms. The molecule has 2 amide bonds. The van der Waals surface area contributed by atoms with Gasteiger partial charge in [-0.25, -0.2) is 0 Å². The lowest BCUT2D eigenvalue weighted by molar-refractivity contribution is -0.118. The van der Waals surface area contributed by atoms with E-state index >= 15 is 0 Å². The van der Waals surface area contributed by atoms with Crippen LogP contribution < -0.4 is 15.4 Å². The molecule has 0 bridgehead atoms. The molecule has 6 heteroatoms. The summed E-state index contributed by atoms with van der Waals surface area (Å²) in [7, 11) is 0. The SMILES string of the molecule is Cc1ccc(NC(=O)c2cccc3c2NC(=O)CO3)cc1Cl. The third-order valence-corrected chi connectivity index (χ3v) is 3.73. The summed E-state index contributed by atoms with van der Waals surface area (Å²) in [6, 6.07) is 10.3. The highest BCUT2D eigenvalue weighted by molar-refractivity contribution is 6.31. The molecule has 2 N–H and O–H groups in total. The normalized spacial score (nSPS) is 12.9. The first-order valence-corrected chi connectivity index (χ1v) is 7.05. The number of halogens is 1. The van der Waals surface area contributed by atoms with Gasteiger partial charge in [-0.05, 0) is 36.8 Å². The number of rotatable bonds is 2. The van der Waals surface area contributed by atoms with Gasteiger partial charge >= 0.3 is 0 Å². The topological polar surface area (TPSA) is 67.4 Å². The zero-order valence-electron chi connectivity index (χ0n) is 11.8. The van der Waals surface area contributed by atoms with Crippen LogP contribution in [-0.4, -0.2) is 18.4 Å². The van der Waals surface area contributed by atoms with Crippen LogP contribution in [0.2, 0.25) is 5.02 Å². The number of aryl methyl sites for hydroxylation is 1. The molecule has 0 aromatic heterocycles. The second-order valence-electron chi connectivity index (χ2n) is 4.93. The Morgan fingerprint density at radius 3 is 2.91 bits per heavy atom. The number of ether oxygens (including phenoxy) is 1. The molecule has 2 aromatic carbocycles. The van der Waals surface area contributed by atoms with E-state index in [2.05, 4.69) is 10.6 Å². The van der Waals surface area contributed by atoms with Crippen molar-refractivity contribution in [2.24, 2.45) is 0 Å². The summed E-state index contributed by atoms with van der Waals surface area (Å²) in [6.45, 7) is 1.83. The Hall–Kier alpha value is -2.53. The minimum atomic E-state index is -0.345. The number of carbonyl (C=O) groups is 2. The summed E-state index contributed by atoms with van der Waals surface area (Å²) in [5.74, 6) is -0.150. The molecule has 0 spiro atoms. The third kappa shape index (κ3) is 2.76. The van der Waals surface area contributed by atoms with E-state index in [1.165, 1.54) is 0 Å². The minimum absolute atomic E-state index is 0.0500. The Balaban J connectivity index is 1.89. The van der Waals surface area contributed by atoms with E-state index in [-0.39, 0.29) is 18.4 Å². The van der Waals surface area contributed by atoms with Gasteiger partial charge < -0.3 is 15.4 Å². The van der Waals surface area contributed by atoms with Gasteiger partial charge in [0, 0.05) is 10.7 Å². The fourth-order valence-electron chi connectivity index (χ4n) is 2.16. The molecule has 0 atom stereocenters.